The molecule has 1 aliphatic heterocycles. The molecule has 1 N–H and O–H groups in total. The Kier molecular flexibility index (Phi) is 9.56. The van der Waals surface area contributed by atoms with Crippen LogP contribution in [0.2, 0.25) is 0 Å². The number of piperidine rings is 1. The second kappa shape index (κ2) is 12.8. The average Bonchev–Trinajstić information content (AvgIpc) is 2.94. The Balaban J connectivity index is 1.72. The van der Waals surface area contributed by atoms with E-state index in [1.165, 1.54) is 18.2 Å². The first kappa shape index (κ1) is 31.4. The maximum absolute atomic E-state index is 15.4. The van der Waals surface area contributed by atoms with Crippen LogP contribution in [0.15, 0.2) is 48.7 Å². The van der Waals surface area contributed by atoms with Crippen molar-refractivity contribution in [1.29, 1.82) is 0 Å². The molecule has 42 heavy (non-hydrogen) atoms. The molecular weight excluding hydrogens is 538 g/mol. The zero-order chi connectivity index (χ0) is 30.7. The highest BCUT2D eigenvalue weighted by Gasteiger charge is 2.36. The highest BCUT2D eigenvalue weighted by Crippen LogP contribution is 2.44. The number of hydrogen-bond donors (Lipinski definition) is 1. The van der Waals surface area contributed by atoms with E-state index in [-0.39, 0.29) is 23.6 Å². The highest BCUT2D eigenvalue weighted by molar-refractivity contribution is 5.86. The Morgan fingerprint density at radius 3 is 2.38 bits per heavy atom. The average molecular weight is 581 g/mol. The summed E-state index contributed by atoms with van der Waals surface area (Å²) in [4.78, 5) is 19.5. The van der Waals surface area contributed by atoms with Crippen LogP contribution in [0.4, 0.5) is 14.5 Å². The molecule has 8 heteroatoms. The Morgan fingerprint density at radius 2 is 1.79 bits per heavy atom. The van der Waals surface area contributed by atoms with Crippen molar-refractivity contribution >= 4 is 11.7 Å². The molecule has 226 valence electrons. The Labute approximate surface area is 247 Å². The normalized spacial score (nSPS) is 15.9. The summed E-state index contributed by atoms with van der Waals surface area (Å²) in [6, 6.07) is 10.9. The van der Waals surface area contributed by atoms with Gasteiger partial charge >= 0.3 is 5.97 Å². The fraction of sp³-hybridized carbons (Fsp3) is 0.471. The number of hydrogen-bond acceptors (Lipinski definition) is 5. The van der Waals surface area contributed by atoms with Crippen molar-refractivity contribution in [3.63, 3.8) is 0 Å². The number of benzene rings is 2. The number of aromatic nitrogens is 1. The molecule has 1 aliphatic rings. The van der Waals surface area contributed by atoms with E-state index >= 15 is 4.39 Å². The maximum atomic E-state index is 15.4. The fourth-order valence-corrected chi connectivity index (χ4v) is 5.16. The molecule has 3 aromatic rings. The number of pyridine rings is 1. The number of rotatable bonds is 11. The number of carboxylic acids is 1. The Bertz CT molecular complexity index is 1400. The summed E-state index contributed by atoms with van der Waals surface area (Å²) in [5.74, 6) is -1.82. The van der Waals surface area contributed by atoms with Crippen molar-refractivity contribution in [2.75, 3.05) is 24.6 Å². The number of aliphatic carboxylic acids is 1. The number of carbonyl (C=O) groups is 1. The molecule has 0 radical (unpaired) electrons. The molecule has 0 aliphatic carbocycles. The zero-order valence-electron chi connectivity index (χ0n) is 25.5. The topological polar surface area (TPSA) is 71.9 Å². The monoisotopic (exact) mass is 580 g/mol. The fourth-order valence-electron chi connectivity index (χ4n) is 5.16. The number of anilines is 1. The zero-order valence-corrected chi connectivity index (χ0v) is 25.5. The van der Waals surface area contributed by atoms with Crippen LogP contribution in [0, 0.1) is 24.0 Å². The van der Waals surface area contributed by atoms with Crippen LogP contribution in [0.3, 0.4) is 0 Å². The first-order chi connectivity index (χ1) is 19.8. The summed E-state index contributed by atoms with van der Waals surface area (Å²) in [5.41, 5.74) is 3.41. The molecule has 0 spiro atoms. The van der Waals surface area contributed by atoms with Gasteiger partial charge in [0.05, 0.1) is 17.9 Å². The van der Waals surface area contributed by atoms with Crippen molar-refractivity contribution in [2.45, 2.75) is 78.9 Å². The Morgan fingerprint density at radius 1 is 1.12 bits per heavy atom. The van der Waals surface area contributed by atoms with Gasteiger partial charge in [0.2, 0.25) is 0 Å². The molecule has 1 fully saturated rings. The van der Waals surface area contributed by atoms with Gasteiger partial charge in [-0.3, -0.25) is 4.98 Å². The Hall–Kier alpha value is -3.52. The minimum Gasteiger partial charge on any atom is -0.490 e. The van der Waals surface area contributed by atoms with E-state index in [0.717, 1.165) is 37.2 Å². The lowest BCUT2D eigenvalue weighted by Crippen LogP contribution is -2.39. The van der Waals surface area contributed by atoms with Crippen LogP contribution in [0.1, 0.15) is 76.8 Å². The van der Waals surface area contributed by atoms with E-state index in [1.807, 2.05) is 20.8 Å². The predicted molar refractivity (Wildman–Crippen MR) is 161 cm³/mol. The third-order valence-electron chi connectivity index (χ3n) is 8.30. The van der Waals surface area contributed by atoms with Crippen molar-refractivity contribution in [2.24, 2.45) is 5.41 Å². The summed E-state index contributed by atoms with van der Waals surface area (Å²) in [5, 5.41) is 10.4. The second-order valence-electron chi connectivity index (χ2n) is 12.5. The van der Waals surface area contributed by atoms with Gasteiger partial charge in [-0.25, -0.2) is 13.6 Å². The number of carboxylic acid groups (broad SMARTS) is 1. The molecule has 2 aromatic carbocycles. The van der Waals surface area contributed by atoms with Crippen LogP contribution in [-0.2, 0) is 16.0 Å². The number of ether oxygens (including phenoxy) is 2. The van der Waals surface area contributed by atoms with Crippen LogP contribution in [-0.4, -0.2) is 41.4 Å². The van der Waals surface area contributed by atoms with E-state index in [4.69, 9.17) is 9.47 Å². The third-order valence-corrected chi connectivity index (χ3v) is 8.30. The lowest BCUT2D eigenvalue weighted by molar-refractivity contribution is -0.162. The van der Waals surface area contributed by atoms with Crippen molar-refractivity contribution in [3.05, 3.63) is 77.1 Å². The quantitative estimate of drug-likeness (QED) is 0.248. The number of halogens is 2. The molecule has 6 nitrogen and oxygen atoms in total. The summed E-state index contributed by atoms with van der Waals surface area (Å²) in [6.07, 6.45) is 3.46. The van der Waals surface area contributed by atoms with E-state index in [0.29, 0.717) is 35.2 Å². The smallest absolute Gasteiger partial charge is 0.337 e. The first-order valence-corrected chi connectivity index (χ1v) is 14.6. The summed E-state index contributed by atoms with van der Waals surface area (Å²) in [6.45, 7) is 13.7. The lowest BCUT2D eigenvalue weighted by Gasteiger charge is -2.41. The van der Waals surface area contributed by atoms with Gasteiger partial charge in [0.15, 0.2) is 17.7 Å². The van der Waals surface area contributed by atoms with Crippen molar-refractivity contribution in [3.8, 4) is 16.9 Å². The molecule has 0 unspecified atom stereocenters. The largest absolute Gasteiger partial charge is 0.490 e. The highest BCUT2D eigenvalue weighted by atomic mass is 19.1. The van der Waals surface area contributed by atoms with Gasteiger partial charge in [0.25, 0.3) is 0 Å². The third kappa shape index (κ3) is 7.46. The van der Waals surface area contributed by atoms with E-state index < -0.39 is 23.5 Å². The van der Waals surface area contributed by atoms with Crippen molar-refractivity contribution in [1.82, 2.24) is 4.98 Å². The van der Waals surface area contributed by atoms with Gasteiger partial charge < -0.3 is 19.5 Å². The maximum Gasteiger partial charge on any atom is 0.337 e. The minimum atomic E-state index is -1.24. The van der Waals surface area contributed by atoms with Crippen LogP contribution < -0.4 is 9.64 Å². The summed E-state index contributed by atoms with van der Waals surface area (Å²) in [7, 11) is 0. The lowest BCUT2D eigenvalue weighted by atomic mass is 9.82. The first-order valence-electron chi connectivity index (χ1n) is 14.6. The van der Waals surface area contributed by atoms with Gasteiger partial charge in [-0.15, -0.1) is 0 Å². The van der Waals surface area contributed by atoms with Crippen LogP contribution in [0.5, 0.6) is 5.75 Å². The number of nitrogens with zero attached hydrogens (tertiary/aromatic N) is 2. The SMILES string of the molecule is CCC(C)(C)O[C@H](C(=O)O)c1c(C)ncc(-c2ccc(OCCc3ccc(F)cc3)c(F)c2)c1N1CCC(C)(C)CC1. The molecule has 1 aromatic heterocycles. The van der Waals surface area contributed by atoms with Gasteiger partial charge in [-0.2, -0.15) is 0 Å². The minimum absolute atomic E-state index is 0.110. The van der Waals surface area contributed by atoms with Gasteiger partial charge in [0.1, 0.15) is 5.82 Å². The van der Waals surface area contributed by atoms with Gasteiger partial charge in [0, 0.05) is 42.5 Å². The van der Waals surface area contributed by atoms with E-state index in [1.54, 1.807) is 37.4 Å². The molecule has 0 saturated carbocycles. The predicted octanol–water partition coefficient (Wildman–Crippen LogP) is 7.91. The molecule has 4 rings (SSSR count). The molecule has 2 heterocycles. The van der Waals surface area contributed by atoms with E-state index in [9.17, 15) is 14.3 Å². The van der Waals surface area contributed by atoms with Gasteiger partial charge in [-0.1, -0.05) is 39.0 Å². The molecule has 1 saturated heterocycles. The van der Waals surface area contributed by atoms with Gasteiger partial charge in [-0.05, 0) is 80.8 Å². The molecule has 0 bridgehead atoms. The van der Waals surface area contributed by atoms with Crippen LogP contribution in [0.25, 0.3) is 11.1 Å². The summed E-state index contributed by atoms with van der Waals surface area (Å²) < 4.78 is 40.5. The summed E-state index contributed by atoms with van der Waals surface area (Å²) >= 11 is 0. The standard InChI is InChI=1S/C34H42F2N2O4/c1-7-34(5,6)42-31(32(39)40)29-22(2)37-21-26(30(29)38-17-15-33(3,4)16-18-38)24-10-13-28(27(36)20-24)41-19-14-23-8-11-25(35)12-9-23/h8-13,20-21,31H,7,14-19H2,1-6H3,(H,39,40)/t31-/m0/s1. The van der Waals surface area contributed by atoms with Crippen molar-refractivity contribution < 1.29 is 28.2 Å². The van der Waals surface area contributed by atoms with Crippen LogP contribution >= 0.6 is 0 Å². The molecule has 1 atom stereocenters. The second-order valence-corrected chi connectivity index (χ2v) is 12.5. The van der Waals surface area contributed by atoms with E-state index in [2.05, 4.69) is 23.7 Å². The molecule has 0 amide bonds. The molecular formula is C34H42F2N2O4. The number of aryl methyl sites for hydroxylation is 1.